The molecule has 5 N–H and O–H groups in total. The number of nitrogens with one attached hydrogen (secondary N) is 2. The predicted octanol–water partition coefficient (Wildman–Crippen LogP) is 3.03. The average Bonchev–Trinajstić information content (AvgIpc) is 3.38. The average molecular weight is 349 g/mol. The Morgan fingerprint density at radius 1 is 1.19 bits per heavy atom. The quantitative estimate of drug-likeness (QED) is 0.580. The molecule has 2 aliphatic carbocycles. The number of hydrogen-bond acceptors (Lipinski definition) is 5. The molecule has 5 rings (SSSR count). The smallest absolute Gasteiger partial charge is 0.126 e. The second-order valence-electron chi connectivity index (χ2n) is 7.65. The maximum absolute atomic E-state index is 9.86. The van der Waals surface area contributed by atoms with E-state index in [1.807, 2.05) is 18.2 Å². The summed E-state index contributed by atoms with van der Waals surface area (Å²) in [5.41, 5.74) is 9.96. The van der Waals surface area contributed by atoms with E-state index in [4.69, 9.17) is 5.73 Å². The minimum absolute atomic E-state index is 0.251. The van der Waals surface area contributed by atoms with E-state index in [0.29, 0.717) is 29.6 Å². The van der Waals surface area contributed by atoms with Crippen molar-refractivity contribution >= 4 is 22.4 Å². The number of hydrogen-bond donors (Lipinski definition) is 4. The van der Waals surface area contributed by atoms with Crippen LogP contribution in [0.2, 0.25) is 0 Å². The molecule has 0 amide bonds. The number of nitrogens with two attached hydrogens (primary N) is 1. The van der Waals surface area contributed by atoms with Gasteiger partial charge in [0.05, 0.1) is 11.2 Å². The summed E-state index contributed by atoms with van der Waals surface area (Å²) in [7, 11) is 0. The molecule has 6 nitrogen and oxygen atoms in total. The van der Waals surface area contributed by atoms with Gasteiger partial charge in [0.25, 0.3) is 0 Å². The third-order valence-corrected chi connectivity index (χ3v) is 6.26. The summed E-state index contributed by atoms with van der Waals surface area (Å²) < 4.78 is 0. The number of anilines is 2. The van der Waals surface area contributed by atoms with Gasteiger partial charge in [0.1, 0.15) is 5.82 Å². The van der Waals surface area contributed by atoms with Crippen LogP contribution in [0.15, 0.2) is 36.5 Å². The van der Waals surface area contributed by atoms with Crippen LogP contribution in [0, 0.1) is 17.8 Å². The number of benzene rings is 1. The van der Waals surface area contributed by atoms with Gasteiger partial charge in [-0.3, -0.25) is 5.10 Å². The Hall–Kier alpha value is -2.60. The van der Waals surface area contributed by atoms with Crippen molar-refractivity contribution in [1.29, 1.82) is 0 Å². The van der Waals surface area contributed by atoms with Gasteiger partial charge in [-0.25, -0.2) is 4.98 Å². The third kappa shape index (κ3) is 2.44. The highest BCUT2D eigenvalue weighted by molar-refractivity contribution is 5.95. The van der Waals surface area contributed by atoms with E-state index in [1.165, 1.54) is 19.3 Å². The number of rotatable bonds is 4. The monoisotopic (exact) mass is 349 g/mol. The third-order valence-electron chi connectivity index (χ3n) is 6.26. The highest BCUT2D eigenvalue weighted by Gasteiger charge is 2.47. The Morgan fingerprint density at radius 3 is 2.88 bits per heavy atom. The van der Waals surface area contributed by atoms with Crippen LogP contribution in [0.5, 0.6) is 0 Å². The maximum atomic E-state index is 9.86. The van der Waals surface area contributed by atoms with Crippen molar-refractivity contribution in [3.63, 3.8) is 0 Å². The second-order valence-corrected chi connectivity index (χ2v) is 7.65. The number of aliphatic hydroxyl groups is 1. The molecule has 2 bridgehead atoms. The van der Waals surface area contributed by atoms with Crippen LogP contribution in [-0.2, 0) is 0 Å². The van der Waals surface area contributed by atoms with Crippen LogP contribution >= 0.6 is 0 Å². The number of pyridine rings is 1. The van der Waals surface area contributed by atoms with E-state index in [-0.39, 0.29) is 6.61 Å². The second kappa shape index (κ2) is 5.99. The van der Waals surface area contributed by atoms with Crippen molar-refractivity contribution in [1.82, 2.24) is 15.2 Å². The van der Waals surface area contributed by atoms with Gasteiger partial charge >= 0.3 is 0 Å². The zero-order chi connectivity index (χ0) is 17.7. The summed E-state index contributed by atoms with van der Waals surface area (Å²) in [4.78, 5) is 4.52. The number of nitrogen functional groups attached to an aromatic ring is 1. The first kappa shape index (κ1) is 15.6. The fraction of sp³-hybridized carbons (Fsp3) is 0.400. The topological polar surface area (TPSA) is 99.9 Å². The molecule has 0 spiro atoms. The molecule has 2 aromatic heterocycles. The lowest BCUT2D eigenvalue weighted by Gasteiger charge is -2.31. The fourth-order valence-electron chi connectivity index (χ4n) is 5.03. The van der Waals surface area contributed by atoms with Crippen LogP contribution in [0.25, 0.3) is 22.2 Å². The largest absolute Gasteiger partial charge is 0.396 e. The standard InChI is InChI=1S/C20H23N5O/c21-19-9-18(24-20-13-2-1-11(7-13)15(20)10-26)14-4-3-12(8-17(14)23-19)16-5-6-22-25-16/h3-6,8-9,11,13,15,20,26H,1-2,7,10H2,(H,22,25)(H3,21,23,24)/t11?,13?,15-,20+/m1/s1. The van der Waals surface area contributed by atoms with E-state index in [2.05, 4.69) is 32.6 Å². The van der Waals surface area contributed by atoms with E-state index in [0.717, 1.165) is 27.8 Å². The first-order valence-electron chi connectivity index (χ1n) is 9.30. The first-order chi connectivity index (χ1) is 12.7. The maximum Gasteiger partial charge on any atom is 0.126 e. The lowest BCUT2D eigenvalue weighted by atomic mass is 9.85. The SMILES string of the molecule is Nc1cc(N[C@H]2C3CCC(C3)[C@H]2CO)c2ccc(-c3ccn[nH]3)cc2n1. The summed E-state index contributed by atoms with van der Waals surface area (Å²) in [5.74, 6) is 2.14. The van der Waals surface area contributed by atoms with Gasteiger partial charge in [0, 0.05) is 47.5 Å². The molecule has 3 aromatic rings. The first-order valence-corrected chi connectivity index (χ1v) is 9.30. The number of fused-ring (bicyclic) bond motifs is 3. The van der Waals surface area contributed by atoms with Gasteiger partial charge < -0.3 is 16.2 Å². The van der Waals surface area contributed by atoms with E-state index < -0.39 is 0 Å². The molecule has 2 fully saturated rings. The molecule has 2 aliphatic rings. The number of aliphatic hydroxyl groups excluding tert-OH is 1. The van der Waals surface area contributed by atoms with Gasteiger partial charge in [-0.1, -0.05) is 12.1 Å². The minimum atomic E-state index is 0.251. The van der Waals surface area contributed by atoms with Gasteiger partial charge in [0.15, 0.2) is 0 Å². The number of aromatic amines is 1. The van der Waals surface area contributed by atoms with Crippen LogP contribution < -0.4 is 11.1 Å². The summed E-state index contributed by atoms with van der Waals surface area (Å²) in [6.07, 6.45) is 5.47. The highest BCUT2D eigenvalue weighted by atomic mass is 16.3. The van der Waals surface area contributed by atoms with E-state index in [1.54, 1.807) is 6.20 Å². The molecule has 134 valence electrons. The van der Waals surface area contributed by atoms with Gasteiger partial charge in [-0.15, -0.1) is 0 Å². The van der Waals surface area contributed by atoms with Crippen molar-refractivity contribution in [3.05, 3.63) is 36.5 Å². The van der Waals surface area contributed by atoms with Crippen LogP contribution in [0.1, 0.15) is 19.3 Å². The normalized spacial score (nSPS) is 27.3. The van der Waals surface area contributed by atoms with Crippen molar-refractivity contribution in [2.24, 2.45) is 17.8 Å². The molecule has 6 heteroatoms. The molecule has 1 aromatic carbocycles. The Labute approximate surface area is 151 Å². The predicted molar refractivity (Wildman–Crippen MR) is 103 cm³/mol. The molecule has 0 saturated heterocycles. The lowest BCUT2D eigenvalue weighted by molar-refractivity contribution is 0.166. The Kier molecular flexibility index (Phi) is 3.60. The van der Waals surface area contributed by atoms with Gasteiger partial charge in [-0.2, -0.15) is 5.10 Å². The fourth-order valence-corrected chi connectivity index (χ4v) is 5.03. The van der Waals surface area contributed by atoms with E-state index in [9.17, 15) is 5.11 Å². The van der Waals surface area contributed by atoms with Crippen molar-refractivity contribution < 1.29 is 5.11 Å². The lowest BCUT2D eigenvalue weighted by Crippen LogP contribution is -2.36. The molecule has 2 saturated carbocycles. The summed E-state index contributed by atoms with van der Waals surface area (Å²) >= 11 is 0. The molecular weight excluding hydrogens is 326 g/mol. The molecule has 0 radical (unpaired) electrons. The van der Waals surface area contributed by atoms with Crippen molar-refractivity contribution in [2.75, 3.05) is 17.7 Å². The Bertz CT molecular complexity index is 939. The zero-order valence-electron chi connectivity index (χ0n) is 14.5. The highest BCUT2D eigenvalue weighted by Crippen LogP contribution is 2.49. The molecule has 0 aliphatic heterocycles. The van der Waals surface area contributed by atoms with E-state index >= 15 is 0 Å². The Balaban J connectivity index is 1.53. The van der Waals surface area contributed by atoms with Crippen molar-refractivity contribution in [3.8, 4) is 11.3 Å². The van der Waals surface area contributed by atoms with Gasteiger partial charge in [-0.05, 0) is 43.2 Å². The van der Waals surface area contributed by atoms with Crippen molar-refractivity contribution in [2.45, 2.75) is 25.3 Å². The summed E-state index contributed by atoms with van der Waals surface area (Å²) in [6.45, 7) is 0.251. The molecule has 4 atom stereocenters. The number of nitrogens with zero attached hydrogens (tertiary/aromatic N) is 2. The molecule has 26 heavy (non-hydrogen) atoms. The molecular formula is C20H23N5O. The van der Waals surface area contributed by atoms with Crippen LogP contribution in [0.3, 0.4) is 0 Å². The number of aromatic nitrogens is 3. The zero-order valence-corrected chi connectivity index (χ0v) is 14.5. The summed E-state index contributed by atoms with van der Waals surface area (Å²) in [6, 6.07) is 10.4. The minimum Gasteiger partial charge on any atom is -0.396 e. The molecule has 2 heterocycles. The molecule has 2 unspecified atom stereocenters. The Morgan fingerprint density at radius 2 is 2.08 bits per heavy atom. The van der Waals surface area contributed by atoms with Crippen LogP contribution in [-0.4, -0.2) is 32.9 Å². The van der Waals surface area contributed by atoms with Gasteiger partial charge in [0.2, 0.25) is 0 Å². The summed E-state index contributed by atoms with van der Waals surface area (Å²) in [5, 5.41) is 21.6. The van der Waals surface area contributed by atoms with Crippen LogP contribution in [0.4, 0.5) is 11.5 Å². The number of H-pyrrole nitrogens is 1.